The van der Waals surface area contributed by atoms with Gasteiger partial charge in [-0.3, -0.25) is 4.68 Å². The summed E-state index contributed by atoms with van der Waals surface area (Å²) >= 11 is 0. The lowest BCUT2D eigenvalue weighted by Crippen LogP contribution is -2.49. The van der Waals surface area contributed by atoms with Gasteiger partial charge < -0.3 is 10.4 Å². The smallest absolute Gasteiger partial charge is 0.0628 e. The van der Waals surface area contributed by atoms with Gasteiger partial charge in [-0.1, -0.05) is 20.8 Å². The third-order valence-corrected chi connectivity index (χ3v) is 3.29. The van der Waals surface area contributed by atoms with Crippen molar-refractivity contribution >= 4 is 0 Å². The topological polar surface area (TPSA) is 50.1 Å². The highest BCUT2D eigenvalue weighted by molar-refractivity contribution is 5.11. The second kappa shape index (κ2) is 6.90. The van der Waals surface area contributed by atoms with Crippen LogP contribution in [0.4, 0.5) is 0 Å². The van der Waals surface area contributed by atoms with E-state index >= 15 is 0 Å². The maximum Gasteiger partial charge on any atom is 0.0628 e. The van der Waals surface area contributed by atoms with E-state index in [2.05, 4.69) is 44.2 Å². The van der Waals surface area contributed by atoms with Crippen molar-refractivity contribution in [2.75, 3.05) is 13.2 Å². The molecule has 104 valence electrons. The summed E-state index contributed by atoms with van der Waals surface area (Å²) in [4.78, 5) is 0. The molecule has 0 spiro atoms. The average molecular weight is 253 g/mol. The van der Waals surface area contributed by atoms with E-state index < -0.39 is 0 Å². The lowest BCUT2D eigenvalue weighted by molar-refractivity contribution is 0.152. The first kappa shape index (κ1) is 15.2. The van der Waals surface area contributed by atoms with E-state index in [-0.39, 0.29) is 12.1 Å². The third kappa shape index (κ3) is 3.82. The number of hydrogen-bond donors (Lipinski definition) is 2. The van der Waals surface area contributed by atoms with E-state index in [9.17, 15) is 5.11 Å². The zero-order valence-corrected chi connectivity index (χ0v) is 12.2. The van der Waals surface area contributed by atoms with Crippen LogP contribution >= 0.6 is 0 Å². The molecule has 0 fully saturated rings. The second-order valence-corrected chi connectivity index (χ2v) is 5.14. The maximum absolute atomic E-state index is 9.60. The van der Waals surface area contributed by atoms with Crippen molar-refractivity contribution in [3.8, 4) is 0 Å². The highest BCUT2D eigenvalue weighted by atomic mass is 16.3. The SMILES string of the molecule is CCCNC(C)(CO)Cn1nc(CC)cc1CC. The molecule has 1 rings (SSSR count). The van der Waals surface area contributed by atoms with Crippen molar-refractivity contribution < 1.29 is 5.11 Å². The molecule has 0 aliphatic carbocycles. The predicted molar refractivity (Wildman–Crippen MR) is 74.8 cm³/mol. The molecule has 4 nitrogen and oxygen atoms in total. The number of aliphatic hydroxyl groups is 1. The first-order chi connectivity index (χ1) is 8.58. The van der Waals surface area contributed by atoms with Gasteiger partial charge in [0.25, 0.3) is 0 Å². The molecule has 0 saturated heterocycles. The minimum absolute atomic E-state index is 0.122. The normalized spacial score (nSPS) is 14.7. The van der Waals surface area contributed by atoms with Crippen LogP contribution in [0.1, 0.15) is 45.5 Å². The number of aliphatic hydroxyl groups excluding tert-OH is 1. The van der Waals surface area contributed by atoms with Gasteiger partial charge in [-0.05, 0) is 38.8 Å². The molecule has 0 bridgehead atoms. The van der Waals surface area contributed by atoms with Gasteiger partial charge in [0.15, 0.2) is 0 Å². The number of hydrogen-bond acceptors (Lipinski definition) is 3. The molecule has 2 N–H and O–H groups in total. The molecular weight excluding hydrogens is 226 g/mol. The summed E-state index contributed by atoms with van der Waals surface area (Å²) in [5, 5.41) is 17.6. The molecule has 1 aromatic rings. The van der Waals surface area contributed by atoms with Crippen LogP contribution in [0.15, 0.2) is 6.07 Å². The first-order valence-electron chi connectivity index (χ1n) is 7.00. The third-order valence-electron chi connectivity index (χ3n) is 3.29. The number of aryl methyl sites for hydroxylation is 2. The quantitative estimate of drug-likeness (QED) is 0.742. The van der Waals surface area contributed by atoms with Gasteiger partial charge in [0.1, 0.15) is 0 Å². The number of aromatic nitrogens is 2. The fourth-order valence-electron chi connectivity index (χ4n) is 2.03. The second-order valence-electron chi connectivity index (χ2n) is 5.14. The standard InChI is InChI=1S/C14H27N3O/c1-5-8-15-14(4,11-18)10-17-13(7-3)9-12(6-2)16-17/h9,15,18H,5-8,10-11H2,1-4H3. The molecule has 1 aromatic heterocycles. The Kier molecular flexibility index (Phi) is 5.82. The van der Waals surface area contributed by atoms with E-state index in [0.29, 0.717) is 6.54 Å². The summed E-state index contributed by atoms with van der Waals surface area (Å²) in [7, 11) is 0. The Morgan fingerprint density at radius 2 is 2.06 bits per heavy atom. The first-order valence-corrected chi connectivity index (χ1v) is 7.00. The molecule has 0 saturated carbocycles. The van der Waals surface area contributed by atoms with Gasteiger partial charge in [0.2, 0.25) is 0 Å². The van der Waals surface area contributed by atoms with Crippen LogP contribution < -0.4 is 5.32 Å². The van der Waals surface area contributed by atoms with Crippen LogP contribution in [0.2, 0.25) is 0 Å². The molecule has 18 heavy (non-hydrogen) atoms. The number of nitrogens with zero attached hydrogens (tertiary/aromatic N) is 2. The van der Waals surface area contributed by atoms with E-state index in [0.717, 1.165) is 31.5 Å². The average Bonchev–Trinajstić information content (AvgIpc) is 2.78. The molecular formula is C14H27N3O. The molecule has 0 aromatic carbocycles. The Labute approximate surface area is 110 Å². The zero-order valence-electron chi connectivity index (χ0n) is 12.2. The zero-order chi connectivity index (χ0) is 13.6. The van der Waals surface area contributed by atoms with Crippen LogP contribution in [0.25, 0.3) is 0 Å². The Hall–Kier alpha value is -0.870. The van der Waals surface area contributed by atoms with Crippen LogP contribution in [-0.2, 0) is 19.4 Å². The van der Waals surface area contributed by atoms with Gasteiger partial charge >= 0.3 is 0 Å². The lowest BCUT2D eigenvalue weighted by atomic mass is 10.0. The number of rotatable bonds is 8. The highest BCUT2D eigenvalue weighted by Crippen LogP contribution is 2.12. The highest BCUT2D eigenvalue weighted by Gasteiger charge is 2.24. The Bertz CT molecular complexity index is 362. The fraction of sp³-hybridized carbons (Fsp3) is 0.786. The Balaban J connectivity index is 2.82. The van der Waals surface area contributed by atoms with Crippen LogP contribution in [0.3, 0.4) is 0 Å². The van der Waals surface area contributed by atoms with Crippen LogP contribution in [0.5, 0.6) is 0 Å². The number of nitrogens with one attached hydrogen (secondary N) is 1. The van der Waals surface area contributed by atoms with Crippen LogP contribution in [0, 0.1) is 0 Å². The molecule has 1 atom stereocenters. The van der Waals surface area contributed by atoms with Gasteiger partial charge in [0, 0.05) is 5.69 Å². The van der Waals surface area contributed by atoms with Crippen molar-refractivity contribution in [3.63, 3.8) is 0 Å². The summed E-state index contributed by atoms with van der Waals surface area (Å²) < 4.78 is 2.04. The molecule has 0 aliphatic heterocycles. The van der Waals surface area contributed by atoms with E-state index in [1.54, 1.807) is 0 Å². The molecule has 1 heterocycles. The molecule has 4 heteroatoms. The van der Waals surface area contributed by atoms with Gasteiger partial charge in [-0.25, -0.2) is 0 Å². The molecule has 0 radical (unpaired) electrons. The van der Waals surface area contributed by atoms with Gasteiger partial charge in [0.05, 0.1) is 24.4 Å². The molecule has 1 unspecified atom stereocenters. The van der Waals surface area contributed by atoms with Gasteiger partial charge in [-0.15, -0.1) is 0 Å². The van der Waals surface area contributed by atoms with Crippen molar-refractivity contribution in [2.45, 2.75) is 59.0 Å². The van der Waals surface area contributed by atoms with Crippen molar-refractivity contribution in [3.05, 3.63) is 17.5 Å². The van der Waals surface area contributed by atoms with Crippen molar-refractivity contribution in [1.29, 1.82) is 0 Å². The predicted octanol–water partition coefficient (Wildman–Crippen LogP) is 1.76. The minimum Gasteiger partial charge on any atom is -0.394 e. The van der Waals surface area contributed by atoms with Crippen molar-refractivity contribution in [2.24, 2.45) is 0 Å². The molecule has 0 amide bonds. The van der Waals surface area contributed by atoms with E-state index in [1.165, 1.54) is 5.69 Å². The maximum atomic E-state index is 9.60. The summed E-state index contributed by atoms with van der Waals surface area (Å²) in [5.74, 6) is 0. The fourth-order valence-corrected chi connectivity index (χ4v) is 2.03. The van der Waals surface area contributed by atoms with Gasteiger partial charge in [-0.2, -0.15) is 5.10 Å². The Morgan fingerprint density at radius 3 is 2.56 bits per heavy atom. The largest absolute Gasteiger partial charge is 0.394 e. The Morgan fingerprint density at radius 1 is 1.33 bits per heavy atom. The summed E-state index contributed by atoms with van der Waals surface area (Å²) in [6.45, 7) is 10.2. The van der Waals surface area contributed by atoms with E-state index in [1.807, 2.05) is 4.68 Å². The monoisotopic (exact) mass is 253 g/mol. The summed E-state index contributed by atoms with van der Waals surface area (Å²) in [6.07, 6.45) is 3.00. The summed E-state index contributed by atoms with van der Waals surface area (Å²) in [6, 6.07) is 2.16. The van der Waals surface area contributed by atoms with Crippen LogP contribution in [-0.4, -0.2) is 33.6 Å². The molecule has 0 aliphatic rings. The minimum atomic E-state index is -0.295. The van der Waals surface area contributed by atoms with E-state index in [4.69, 9.17) is 0 Å². The lowest BCUT2D eigenvalue weighted by Gasteiger charge is -2.29. The van der Waals surface area contributed by atoms with Crippen molar-refractivity contribution in [1.82, 2.24) is 15.1 Å². The summed E-state index contributed by atoms with van der Waals surface area (Å²) in [5.41, 5.74) is 2.07.